The topological polar surface area (TPSA) is 97.1 Å². The lowest BCUT2D eigenvalue weighted by Gasteiger charge is -2.18. The highest BCUT2D eigenvalue weighted by atomic mass is 32.2. The summed E-state index contributed by atoms with van der Waals surface area (Å²) >= 11 is 1.31. The van der Waals surface area contributed by atoms with E-state index in [0.29, 0.717) is 10.7 Å². The number of amides is 1. The molecule has 2 N–H and O–H groups in total. The summed E-state index contributed by atoms with van der Waals surface area (Å²) in [6.45, 7) is 8.62. The quantitative estimate of drug-likeness (QED) is 0.172. The lowest BCUT2D eigenvalue weighted by atomic mass is 9.87. The van der Waals surface area contributed by atoms with Crippen LogP contribution in [-0.4, -0.2) is 28.1 Å². The van der Waals surface area contributed by atoms with Gasteiger partial charge in [-0.05, 0) is 59.5 Å². The zero-order valence-corrected chi connectivity index (χ0v) is 21.6. The van der Waals surface area contributed by atoms with E-state index >= 15 is 0 Å². The van der Waals surface area contributed by atoms with Gasteiger partial charge in [-0.3, -0.25) is 4.79 Å². The van der Waals surface area contributed by atoms with E-state index in [1.54, 1.807) is 12.1 Å². The zero-order valence-electron chi connectivity index (χ0n) is 20.8. The molecule has 0 spiro atoms. The molecule has 0 saturated carbocycles. The molecule has 0 bridgehead atoms. The molecule has 0 fully saturated rings. The molecule has 0 unspecified atom stereocenters. The summed E-state index contributed by atoms with van der Waals surface area (Å²) in [5.74, 6) is 0.573. The van der Waals surface area contributed by atoms with Crippen molar-refractivity contribution in [2.75, 3.05) is 5.75 Å². The van der Waals surface area contributed by atoms with Crippen LogP contribution in [0.2, 0.25) is 0 Å². The summed E-state index contributed by atoms with van der Waals surface area (Å²) < 4.78 is 2.02. The van der Waals surface area contributed by atoms with Crippen molar-refractivity contribution < 1.29 is 14.5 Å². The average molecular weight is 500 g/mol. The number of aromatic amines is 1. The van der Waals surface area contributed by atoms with E-state index in [-0.39, 0.29) is 22.8 Å². The molecule has 184 valence electrons. The maximum absolute atomic E-state index is 12.4. The predicted molar refractivity (Wildman–Crippen MR) is 141 cm³/mol. The number of hydrogen-bond acceptors (Lipinski definition) is 5. The number of thioether (sulfide) groups is 1. The minimum absolute atomic E-state index is 0.0636. The number of nitrogens with zero attached hydrogens (tertiary/aromatic N) is 3. The zero-order chi connectivity index (χ0) is 25.7. The van der Waals surface area contributed by atoms with Crippen molar-refractivity contribution in [3.8, 4) is 22.8 Å². The highest BCUT2D eigenvalue weighted by Crippen LogP contribution is 2.26. The molecule has 4 aromatic rings. The highest BCUT2D eigenvalue weighted by Gasteiger charge is 2.25. The normalized spacial score (nSPS) is 11.7. The van der Waals surface area contributed by atoms with Crippen molar-refractivity contribution in [1.29, 1.82) is 0 Å². The first-order chi connectivity index (χ1) is 17.2. The molecule has 1 amide bonds. The van der Waals surface area contributed by atoms with Crippen LogP contribution in [-0.2, 0) is 10.2 Å². The maximum atomic E-state index is 12.4. The number of benzene rings is 3. The number of hydrogen-bond donors (Lipinski definition) is 2. The number of carbonyl (C=O) groups is 1. The second-order valence-corrected chi connectivity index (χ2v) is 10.4. The van der Waals surface area contributed by atoms with Crippen molar-refractivity contribution in [3.05, 3.63) is 89.5 Å². The van der Waals surface area contributed by atoms with Crippen LogP contribution in [0, 0.1) is 6.92 Å². The van der Waals surface area contributed by atoms with Gasteiger partial charge in [-0.1, -0.05) is 74.9 Å². The second kappa shape index (κ2) is 10.8. The van der Waals surface area contributed by atoms with Crippen molar-refractivity contribution in [1.82, 2.24) is 15.6 Å². The van der Waals surface area contributed by atoms with E-state index in [2.05, 4.69) is 77.9 Å². The molecule has 0 aliphatic rings. The van der Waals surface area contributed by atoms with Gasteiger partial charge in [0.25, 0.3) is 11.7 Å². The highest BCUT2D eigenvalue weighted by molar-refractivity contribution is 7.99. The van der Waals surface area contributed by atoms with Crippen molar-refractivity contribution in [2.24, 2.45) is 5.10 Å². The van der Waals surface area contributed by atoms with Crippen LogP contribution in [0.1, 0.15) is 37.5 Å². The Morgan fingerprint density at radius 1 is 1.11 bits per heavy atom. The van der Waals surface area contributed by atoms with Gasteiger partial charge >= 0.3 is 5.16 Å². The van der Waals surface area contributed by atoms with Crippen LogP contribution in [0.5, 0.6) is 5.75 Å². The van der Waals surface area contributed by atoms with Gasteiger partial charge in [-0.25, -0.2) is 5.43 Å². The van der Waals surface area contributed by atoms with Crippen LogP contribution in [0.15, 0.2) is 83.1 Å². The van der Waals surface area contributed by atoms with E-state index in [1.165, 1.54) is 35.7 Å². The standard InChI is InChI=1S/C28H29N5O2S/c1-19-8-14-23(15-9-19)33-26(21-10-12-22(13-11-21)28(2,3)4)31-32-27(33)36-18-25(35)30-29-17-20-6-5-7-24(34)16-20/h5-17H,18H2,1-4H3,(H2,30,34,35). The monoisotopic (exact) mass is 499 g/mol. The fourth-order valence-corrected chi connectivity index (χ4v) is 4.35. The molecule has 1 aromatic heterocycles. The van der Waals surface area contributed by atoms with Crippen LogP contribution >= 0.6 is 11.8 Å². The summed E-state index contributed by atoms with van der Waals surface area (Å²) in [5, 5.41) is 23.7. The average Bonchev–Trinajstić information content (AvgIpc) is 3.27. The van der Waals surface area contributed by atoms with Gasteiger partial charge in [0, 0.05) is 0 Å². The summed E-state index contributed by atoms with van der Waals surface area (Å²) in [6.07, 6.45) is 1.45. The molecule has 7 nitrogen and oxygen atoms in total. The predicted octanol–water partition coefficient (Wildman–Crippen LogP) is 4.28. The van der Waals surface area contributed by atoms with Crippen LogP contribution in [0.3, 0.4) is 0 Å². The van der Waals surface area contributed by atoms with E-state index in [0.717, 1.165) is 22.6 Å². The molecule has 0 radical (unpaired) electrons. The Morgan fingerprint density at radius 2 is 1.83 bits per heavy atom. The number of aromatic nitrogens is 3. The first kappa shape index (κ1) is 25.2. The molecular weight excluding hydrogens is 470 g/mol. The van der Waals surface area contributed by atoms with Gasteiger partial charge in [0.2, 0.25) is 0 Å². The third kappa shape index (κ3) is 6.20. The molecule has 8 heteroatoms. The summed E-state index contributed by atoms with van der Waals surface area (Å²) in [4.78, 5) is 12.4. The van der Waals surface area contributed by atoms with Gasteiger partial charge in [0.05, 0.1) is 22.6 Å². The van der Waals surface area contributed by atoms with Crippen molar-refractivity contribution in [3.63, 3.8) is 0 Å². The van der Waals surface area contributed by atoms with Crippen molar-refractivity contribution in [2.45, 2.75) is 38.3 Å². The first-order valence-corrected chi connectivity index (χ1v) is 12.6. The lowest BCUT2D eigenvalue weighted by molar-refractivity contribution is -0.625. The largest absolute Gasteiger partial charge is 0.872 e. The fraction of sp³-hybridized carbons (Fsp3) is 0.214. The summed E-state index contributed by atoms with van der Waals surface area (Å²) in [6, 6.07) is 22.9. The Bertz CT molecular complexity index is 1370. The third-order valence-corrected chi connectivity index (χ3v) is 6.52. The minimum atomic E-state index is -0.274. The van der Waals surface area contributed by atoms with Gasteiger partial charge in [-0.15, -0.1) is 10.8 Å². The van der Waals surface area contributed by atoms with E-state index in [1.807, 2.05) is 23.6 Å². The molecule has 0 aliphatic carbocycles. The number of carbonyl (C=O) groups excluding carboxylic acids is 1. The first-order valence-electron chi connectivity index (χ1n) is 11.6. The Labute approximate surface area is 215 Å². The SMILES string of the molecule is Cc1ccc(-[n+]2c(SCC(=O)NN=Cc3cccc([O-])c3)n[nH]c2-c2ccc(C(C)(C)C)cc2)cc1. The molecule has 36 heavy (non-hydrogen) atoms. The maximum Gasteiger partial charge on any atom is 0.342 e. The minimum Gasteiger partial charge on any atom is -0.872 e. The van der Waals surface area contributed by atoms with Gasteiger partial charge in [-0.2, -0.15) is 9.67 Å². The molecule has 0 aliphatic heterocycles. The molecular formula is C28H29N5O2S. The van der Waals surface area contributed by atoms with Crippen LogP contribution < -0.4 is 15.1 Å². The second-order valence-electron chi connectivity index (χ2n) is 9.51. The number of aryl methyl sites for hydroxylation is 1. The smallest absolute Gasteiger partial charge is 0.342 e. The molecule has 4 rings (SSSR count). The van der Waals surface area contributed by atoms with Crippen LogP contribution in [0.4, 0.5) is 0 Å². The Morgan fingerprint density at radius 3 is 2.50 bits per heavy atom. The number of nitrogens with one attached hydrogen (secondary N) is 2. The summed E-state index contributed by atoms with van der Waals surface area (Å²) in [7, 11) is 0. The van der Waals surface area contributed by atoms with Crippen LogP contribution in [0.25, 0.3) is 17.1 Å². The van der Waals surface area contributed by atoms with Gasteiger partial charge < -0.3 is 5.11 Å². The van der Waals surface area contributed by atoms with E-state index in [4.69, 9.17) is 0 Å². The fourth-order valence-electron chi connectivity index (χ4n) is 3.58. The molecule has 1 heterocycles. The number of hydrazone groups is 1. The molecule has 0 atom stereocenters. The van der Waals surface area contributed by atoms with Crippen molar-refractivity contribution >= 4 is 23.9 Å². The Hall–Kier alpha value is -3.91. The Balaban J connectivity index is 1.54. The van der Waals surface area contributed by atoms with E-state index < -0.39 is 0 Å². The van der Waals surface area contributed by atoms with Gasteiger partial charge in [0.15, 0.2) is 0 Å². The third-order valence-electron chi connectivity index (χ3n) is 5.58. The molecule has 3 aromatic carbocycles. The number of H-pyrrole nitrogens is 1. The summed E-state index contributed by atoms with van der Waals surface area (Å²) in [5.41, 5.74) is 7.55. The van der Waals surface area contributed by atoms with Gasteiger partial charge in [0.1, 0.15) is 5.69 Å². The molecule has 0 saturated heterocycles. The lowest BCUT2D eigenvalue weighted by Crippen LogP contribution is -2.34. The number of rotatable bonds is 7. The Kier molecular flexibility index (Phi) is 7.55. The van der Waals surface area contributed by atoms with E-state index in [9.17, 15) is 9.90 Å².